The van der Waals surface area contributed by atoms with Gasteiger partial charge in [-0.25, -0.2) is 9.78 Å². The van der Waals surface area contributed by atoms with Crippen molar-refractivity contribution in [2.24, 2.45) is 11.7 Å². The molecule has 0 bridgehead atoms. The molecular formula is C32H31ClF2N4O6. The number of primary amides is 1. The smallest absolute Gasteiger partial charge is 0.335 e. The number of anilines is 1. The van der Waals surface area contributed by atoms with Gasteiger partial charge in [0.15, 0.2) is 0 Å². The Labute approximate surface area is 261 Å². The van der Waals surface area contributed by atoms with Gasteiger partial charge in [-0.2, -0.15) is 13.8 Å². The van der Waals surface area contributed by atoms with Gasteiger partial charge in [0.05, 0.1) is 28.8 Å². The van der Waals surface area contributed by atoms with E-state index in [0.717, 1.165) is 12.6 Å². The van der Waals surface area contributed by atoms with E-state index in [1.165, 1.54) is 18.2 Å². The Kier molecular flexibility index (Phi) is 8.86. The van der Waals surface area contributed by atoms with Crippen LogP contribution in [0.25, 0.3) is 11.0 Å². The van der Waals surface area contributed by atoms with Gasteiger partial charge in [0.1, 0.15) is 18.0 Å². The molecule has 1 aliphatic heterocycles. The monoisotopic (exact) mass is 640 g/mol. The van der Waals surface area contributed by atoms with Crippen LogP contribution in [0.2, 0.25) is 5.02 Å². The number of aromatic nitrogens is 2. The molecule has 10 nitrogen and oxygen atoms in total. The van der Waals surface area contributed by atoms with Crippen molar-refractivity contribution in [3.63, 3.8) is 0 Å². The van der Waals surface area contributed by atoms with Crippen LogP contribution in [0.3, 0.4) is 0 Å². The molecule has 236 valence electrons. The lowest BCUT2D eigenvalue weighted by Gasteiger charge is -2.33. The van der Waals surface area contributed by atoms with Gasteiger partial charge in [0, 0.05) is 41.8 Å². The quantitative estimate of drug-likeness (QED) is 0.175. The number of hydrogen-bond donors (Lipinski definition) is 3. The van der Waals surface area contributed by atoms with Gasteiger partial charge in [-0.05, 0) is 61.8 Å². The number of fused-ring (bicyclic) bond motifs is 1. The molecule has 3 heterocycles. The van der Waals surface area contributed by atoms with E-state index >= 15 is 0 Å². The molecule has 0 radical (unpaired) electrons. The zero-order valence-corrected chi connectivity index (χ0v) is 24.9. The van der Waals surface area contributed by atoms with Crippen LogP contribution < -0.4 is 15.8 Å². The molecule has 2 atom stereocenters. The van der Waals surface area contributed by atoms with Gasteiger partial charge in [-0.15, -0.1) is 0 Å². The molecule has 13 heteroatoms. The van der Waals surface area contributed by atoms with Gasteiger partial charge in [0.25, 0.3) is 11.9 Å². The molecule has 4 aromatic rings. The van der Waals surface area contributed by atoms with E-state index < -0.39 is 29.6 Å². The highest BCUT2D eigenvalue weighted by Gasteiger charge is 2.35. The number of furan rings is 1. The third kappa shape index (κ3) is 6.57. The van der Waals surface area contributed by atoms with E-state index in [-0.39, 0.29) is 41.6 Å². The van der Waals surface area contributed by atoms with Gasteiger partial charge in [-0.1, -0.05) is 23.7 Å². The van der Waals surface area contributed by atoms with Crippen molar-refractivity contribution in [3.05, 3.63) is 82.0 Å². The maximum atomic E-state index is 14.7. The Morgan fingerprint density at radius 1 is 1.13 bits per heavy atom. The lowest BCUT2D eigenvalue weighted by Crippen LogP contribution is -2.35. The maximum absolute atomic E-state index is 14.7. The number of aromatic carboxylic acids is 1. The average Bonchev–Trinajstić information content (AvgIpc) is 3.40. The third-order valence-electron chi connectivity index (χ3n) is 8.64. The van der Waals surface area contributed by atoms with Crippen LogP contribution in [-0.2, 0) is 16.1 Å². The zero-order valence-electron chi connectivity index (χ0n) is 24.1. The highest BCUT2D eigenvalue weighted by molar-refractivity contribution is 6.35. The first kappa shape index (κ1) is 30.7. The number of hydrogen-bond acceptors (Lipinski definition) is 8. The van der Waals surface area contributed by atoms with Crippen LogP contribution in [0.5, 0.6) is 5.88 Å². The molecule has 0 spiro atoms. The summed E-state index contributed by atoms with van der Waals surface area (Å²) in [6.45, 7) is 1.04. The fourth-order valence-electron chi connectivity index (χ4n) is 6.17. The van der Waals surface area contributed by atoms with E-state index in [4.69, 9.17) is 31.2 Å². The lowest BCUT2D eigenvalue weighted by molar-refractivity contribution is -0.120. The fourth-order valence-corrected chi connectivity index (χ4v) is 6.37. The SMILES string of the molecule is NC(=O)[C@H](c1ccc(C(=O)O)cc1NC[C@@H]1CCO1)C1CCC(c2ncc(F)c(OCc3ccc(Cl)c4cc(F)oc34)n2)CC1. The summed E-state index contributed by atoms with van der Waals surface area (Å²) >= 11 is 6.13. The summed E-state index contributed by atoms with van der Waals surface area (Å²) in [6.07, 6.45) is 4.47. The summed E-state index contributed by atoms with van der Waals surface area (Å²) in [6, 6.07) is 8.25. The summed E-state index contributed by atoms with van der Waals surface area (Å²) in [5.41, 5.74) is 7.93. The number of amides is 1. The molecule has 2 aromatic heterocycles. The molecule has 1 saturated carbocycles. The first-order valence-electron chi connectivity index (χ1n) is 14.7. The molecular weight excluding hydrogens is 610 g/mol. The van der Waals surface area contributed by atoms with Crippen molar-refractivity contribution in [1.82, 2.24) is 9.97 Å². The Bertz CT molecular complexity index is 1740. The van der Waals surface area contributed by atoms with E-state index in [2.05, 4.69) is 15.3 Å². The Morgan fingerprint density at radius 2 is 1.91 bits per heavy atom. The summed E-state index contributed by atoms with van der Waals surface area (Å²) in [7, 11) is 0. The van der Waals surface area contributed by atoms with Gasteiger partial charge < -0.3 is 30.0 Å². The number of benzene rings is 2. The second kappa shape index (κ2) is 13.0. The van der Waals surface area contributed by atoms with E-state index in [1.54, 1.807) is 18.2 Å². The first-order chi connectivity index (χ1) is 21.7. The van der Waals surface area contributed by atoms with Crippen molar-refractivity contribution in [2.75, 3.05) is 18.5 Å². The topological polar surface area (TPSA) is 150 Å². The molecule has 1 amide bonds. The minimum Gasteiger partial charge on any atom is -0.478 e. The zero-order chi connectivity index (χ0) is 31.7. The largest absolute Gasteiger partial charge is 0.478 e. The Morgan fingerprint density at radius 3 is 2.60 bits per heavy atom. The van der Waals surface area contributed by atoms with Crippen LogP contribution in [0.15, 0.2) is 47.0 Å². The van der Waals surface area contributed by atoms with Crippen molar-refractivity contribution >= 4 is 40.1 Å². The average molecular weight is 641 g/mol. The number of halogens is 3. The number of nitrogens with two attached hydrogens (primary N) is 1. The Balaban J connectivity index is 1.15. The number of nitrogens with one attached hydrogen (secondary N) is 1. The van der Waals surface area contributed by atoms with Crippen LogP contribution >= 0.6 is 11.6 Å². The second-order valence-corrected chi connectivity index (χ2v) is 11.8. The molecule has 0 unspecified atom stereocenters. The number of carboxylic acids is 1. The van der Waals surface area contributed by atoms with Crippen molar-refractivity contribution in [1.29, 1.82) is 0 Å². The predicted molar refractivity (Wildman–Crippen MR) is 160 cm³/mol. The molecule has 45 heavy (non-hydrogen) atoms. The molecule has 2 aliphatic rings. The number of nitrogens with zero attached hydrogens (tertiary/aromatic N) is 2. The highest BCUT2D eigenvalue weighted by atomic mass is 35.5. The van der Waals surface area contributed by atoms with Gasteiger partial charge in [0.2, 0.25) is 11.7 Å². The van der Waals surface area contributed by atoms with Crippen LogP contribution in [-0.4, -0.2) is 46.2 Å². The maximum Gasteiger partial charge on any atom is 0.335 e. The number of carbonyl (C=O) groups is 2. The number of ether oxygens (including phenoxy) is 2. The minimum atomic E-state index is -1.07. The molecule has 1 aliphatic carbocycles. The summed E-state index contributed by atoms with van der Waals surface area (Å²) < 4.78 is 44.7. The second-order valence-electron chi connectivity index (χ2n) is 11.4. The van der Waals surface area contributed by atoms with E-state index in [9.17, 15) is 23.5 Å². The van der Waals surface area contributed by atoms with E-state index in [1.807, 2.05) is 0 Å². The third-order valence-corrected chi connectivity index (χ3v) is 8.97. The summed E-state index contributed by atoms with van der Waals surface area (Å²) in [5, 5.41) is 13.5. The van der Waals surface area contributed by atoms with Crippen LogP contribution in [0.1, 0.15) is 71.2 Å². The minimum absolute atomic E-state index is 0.0266. The van der Waals surface area contributed by atoms with Crippen LogP contribution in [0, 0.1) is 17.7 Å². The summed E-state index contributed by atoms with van der Waals surface area (Å²) in [4.78, 5) is 33.1. The molecule has 1 saturated heterocycles. The standard InChI is InChI=1S/C32H31ClF2N4O6/c33-23-8-6-19(28-22(23)12-26(35)45-28)15-44-31-24(34)14-38-30(39-31)17-3-1-16(2-4-17)27(29(36)40)21-7-5-18(32(41)42)11-25(21)37-13-20-9-10-43-20/h5-8,11-12,14,16-17,20,27,37H,1-4,9-10,13,15H2,(H2,36,40)(H,41,42)/t16?,17?,20-,27-/m0/s1. The number of carboxylic acid groups (broad SMARTS) is 1. The molecule has 2 aromatic carbocycles. The Hall–Kier alpha value is -4.29. The predicted octanol–water partition coefficient (Wildman–Crippen LogP) is 6.18. The number of carbonyl (C=O) groups excluding carboxylic acids is 1. The highest BCUT2D eigenvalue weighted by Crippen LogP contribution is 2.43. The molecule has 4 N–H and O–H groups in total. The van der Waals surface area contributed by atoms with Gasteiger partial charge >= 0.3 is 5.97 Å². The fraction of sp³-hybridized carbons (Fsp3) is 0.375. The van der Waals surface area contributed by atoms with Crippen molar-refractivity contribution < 1.29 is 37.4 Å². The summed E-state index contributed by atoms with van der Waals surface area (Å²) in [5.74, 6) is -2.99. The normalized spacial score (nSPS) is 20.4. The van der Waals surface area contributed by atoms with Crippen molar-refractivity contribution in [2.45, 2.75) is 56.7 Å². The molecule has 6 rings (SSSR count). The van der Waals surface area contributed by atoms with Crippen LogP contribution in [0.4, 0.5) is 14.5 Å². The molecule has 2 fully saturated rings. The van der Waals surface area contributed by atoms with Gasteiger partial charge in [-0.3, -0.25) is 4.79 Å². The number of rotatable bonds is 11. The van der Waals surface area contributed by atoms with Crippen molar-refractivity contribution in [3.8, 4) is 5.88 Å². The van der Waals surface area contributed by atoms with E-state index in [0.29, 0.717) is 71.9 Å². The first-order valence-corrected chi connectivity index (χ1v) is 15.1. The lowest BCUT2D eigenvalue weighted by atomic mass is 9.72.